The van der Waals surface area contributed by atoms with Gasteiger partial charge in [0.2, 0.25) is 0 Å². The molecule has 1 fully saturated rings. The molecule has 1 heterocycles. The summed E-state index contributed by atoms with van der Waals surface area (Å²) < 4.78 is 13.2. The largest absolute Gasteiger partial charge is 0.388 e. The Hall–Kier alpha value is -0.960. The molecule has 2 rings (SSSR count). The fourth-order valence-electron chi connectivity index (χ4n) is 1.61. The molecule has 0 aliphatic heterocycles. The maximum atomic E-state index is 13.2. The predicted octanol–water partition coefficient (Wildman–Crippen LogP) is 2.44. The van der Waals surface area contributed by atoms with Crippen LogP contribution in [0.15, 0.2) is 18.5 Å². The van der Waals surface area contributed by atoms with Crippen molar-refractivity contribution in [1.29, 1.82) is 0 Å². The number of hydrogen-bond acceptors (Lipinski definition) is 2. The molecule has 0 amide bonds. The first-order valence-corrected chi connectivity index (χ1v) is 5.05. The molecule has 1 N–H and O–H groups in total. The minimum absolute atomic E-state index is 0.376. The molecular weight excluding hydrogens is 181 g/mol. The standard InChI is InChI=1S/C11H14FNO/c12-10-7-13-6-5-9(10)11(14)4-3-8-1-2-8/h5-8,11,14H,1-4H2. The summed E-state index contributed by atoms with van der Waals surface area (Å²) in [7, 11) is 0. The maximum absolute atomic E-state index is 13.2. The van der Waals surface area contributed by atoms with E-state index in [1.807, 2.05) is 0 Å². The number of hydrogen-bond donors (Lipinski definition) is 1. The Morgan fingerprint density at radius 2 is 2.36 bits per heavy atom. The van der Waals surface area contributed by atoms with E-state index in [1.54, 1.807) is 6.07 Å². The summed E-state index contributed by atoms with van der Waals surface area (Å²) in [5.41, 5.74) is 0.376. The van der Waals surface area contributed by atoms with Gasteiger partial charge in [-0.2, -0.15) is 0 Å². The molecule has 2 nitrogen and oxygen atoms in total. The van der Waals surface area contributed by atoms with E-state index in [0.717, 1.165) is 18.5 Å². The smallest absolute Gasteiger partial charge is 0.147 e. The first kappa shape index (κ1) is 9.59. The van der Waals surface area contributed by atoms with Crippen LogP contribution in [0.5, 0.6) is 0 Å². The minimum atomic E-state index is -0.668. The summed E-state index contributed by atoms with van der Waals surface area (Å²) in [6.45, 7) is 0. The quantitative estimate of drug-likeness (QED) is 0.800. The Morgan fingerprint density at radius 3 is 3.00 bits per heavy atom. The zero-order chi connectivity index (χ0) is 9.97. The van der Waals surface area contributed by atoms with Crippen LogP contribution < -0.4 is 0 Å². The third-order valence-corrected chi connectivity index (χ3v) is 2.71. The highest BCUT2D eigenvalue weighted by Gasteiger charge is 2.23. The van der Waals surface area contributed by atoms with E-state index in [0.29, 0.717) is 12.0 Å². The van der Waals surface area contributed by atoms with E-state index in [4.69, 9.17) is 0 Å². The van der Waals surface area contributed by atoms with E-state index < -0.39 is 11.9 Å². The Morgan fingerprint density at radius 1 is 1.57 bits per heavy atom. The molecule has 0 spiro atoms. The van der Waals surface area contributed by atoms with Crippen LogP contribution in [-0.2, 0) is 0 Å². The van der Waals surface area contributed by atoms with Gasteiger partial charge in [-0.05, 0) is 24.8 Å². The molecule has 0 radical (unpaired) electrons. The number of nitrogens with zero attached hydrogens (tertiary/aromatic N) is 1. The average molecular weight is 195 g/mol. The lowest BCUT2D eigenvalue weighted by Gasteiger charge is -2.10. The van der Waals surface area contributed by atoms with E-state index in [1.165, 1.54) is 19.0 Å². The van der Waals surface area contributed by atoms with Crippen LogP contribution in [0.2, 0.25) is 0 Å². The van der Waals surface area contributed by atoms with Gasteiger partial charge in [-0.25, -0.2) is 4.39 Å². The van der Waals surface area contributed by atoms with Crippen LogP contribution >= 0.6 is 0 Å². The van der Waals surface area contributed by atoms with E-state index >= 15 is 0 Å². The third kappa shape index (κ3) is 2.29. The van der Waals surface area contributed by atoms with Crippen molar-refractivity contribution in [3.05, 3.63) is 29.8 Å². The molecular formula is C11H14FNO. The molecule has 1 aliphatic rings. The zero-order valence-corrected chi connectivity index (χ0v) is 7.99. The normalized spacial score (nSPS) is 18.1. The maximum Gasteiger partial charge on any atom is 0.147 e. The van der Waals surface area contributed by atoms with Crippen molar-refractivity contribution in [2.24, 2.45) is 5.92 Å². The molecule has 3 heteroatoms. The fraction of sp³-hybridized carbons (Fsp3) is 0.545. The van der Waals surface area contributed by atoms with Crippen molar-refractivity contribution in [3.8, 4) is 0 Å². The molecule has 0 aromatic carbocycles. The molecule has 14 heavy (non-hydrogen) atoms. The lowest BCUT2D eigenvalue weighted by Crippen LogP contribution is -2.01. The molecule has 0 bridgehead atoms. The van der Waals surface area contributed by atoms with Gasteiger partial charge in [0.15, 0.2) is 0 Å². The molecule has 1 aromatic rings. The molecule has 1 unspecified atom stereocenters. The number of aliphatic hydroxyl groups is 1. The average Bonchev–Trinajstić information content (AvgIpc) is 2.98. The molecule has 1 aromatic heterocycles. The zero-order valence-electron chi connectivity index (χ0n) is 7.99. The van der Waals surface area contributed by atoms with Gasteiger partial charge in [-0.15, -0.1) is 0 Å². The van der Waals surface area contributed by atoms with Gasteiger partial charge < -0.3 is 5.11 Å². The highest BCUT2D eigenvalue weighted by molar-refractivity contribution is 5.15. The first-order valence-electron chi connectivity index (χ1n) is 5.05. The van der Waals surface area contributed by atoms with Gasteiger partial charge in [0.1, 0.15) is 5.82 Å². The van der Waals surface area contributed by atoms with Crippen LogP contribution in [-0.4, -0.2) is 10.1 Å². The summed E-state index contributed by atoms with van der Waals surface area (Å²) in [6.07, 6.45) is 6.19. The fourth-order valence-corrected chi connectivity index (χ4v) is 1.61. The van der Waals surface area contributed by atoms with E-state index in [-0.39, 0.29) is 0 Å². The number of halogens is 1. The Bertz CT molecular complexity index is 312. The highest BCUT2D eigenvalue weighted by atomic mass is 19.1. The van der Waals surface area contributed by atoms with Crippen LogP contribution in [0.25, 0.3) is 0 Å². The van der Waals surface area contributed by atoms with Crippen molar-refractivity contribution in [1.82, 2.24) is 4.98 Å². The monoisotopic (exact) mass is 195 g/mol. The summed E-state index contributed by atoms with van der Waals surface area (Å²) in [5, 5.41) is 9.71. The SMILES string of the molecule is OC(CCC1CC1)c1ccncc1F. The second-order valence-electron chi connectivity index (χ2n) is 3.93. The second kappa shape index (κ2) is 4.05. The van der Waals surface area contributed by atoms with Gasteiger partial charge in [-0.1, -0.05) is 12.8 Å². The first-order chi connectivity index (χ1) is 6.77. The summed E-state index contributed by atoms with van der Waals surface area (Å²) >= 11 is 0. The molecule has 1 saturated carbocycles. The van der Waals surface area contributed by atoms with Crippen LogP contribution in [0.3, 0.4) is 0 Å². The summed E-state index contributed by atoms with van der Waals surface area (Å²) in [5.74, 6) is 0.366. The van der Waals surface area contributed by atoms with Gasteiger partial charge in [0, 0.05) is 11.8 Å². The number of rotatable bonds is 4. The van der Waals surface area contributed by atoms with E-state index in [2.05, 4.69) is 4.98 Å². The van der Waals surface area contributed by atoms with Crippen molar-refractivity contribution >= 4 is 0 Å². The van der Waals surface area contributed by atoms with Gasteiger partial charge in [0.05, 0.1) is 12.3 Å². The summed E-state index contributed by atoms with van der Waals surface area (Å²) in [4.78, 5) is 3.65. The predicted molar refractivity (Wildman–Crippen MR) is 51.1 cm³/mol. The highest BCUT2D eigenvalue weighted by Crippen LogP contribution is 2.36. The number of aromatic nitrogens is 1. The minimum Gasteiger partial charge on any atom is -0.388 e. The van der Waals surface area contributed by atoms with Crippen LogP contribution in [0, 0.1) is 11.7 Å². The third-order valence-electron chi connectivity index (χ3n) is 2.71. The second-order valence-corrected chi connectivity index (χ2v) is 3.93. The lowest BCUT2D eigenvalue weighted by atomic mass is 10.0. The topological polar surface area (TPSA) is 33.1 Å². The molecule has 1 aliphatic carbocycles. The Labute approximate surface area is 82.8 Å². The van der Waals surface area contributed by atoms with Gasteiger partial charge in [-0.3, -0.25) is 4.98 Å². The van der Waals surface area contributed by atoms with Crippen molar-refractivity contribution < 1.29 is 9.50 Å². The molecule has 0 saturated heterocycles. The van der Waals surface area contributed by atoms with Crippen LogP contribution in [0.1, 0.15) is 37.4 Å². The van der Waals surface area contributed by atoms with Crippen molar-refractivity contribution in [2.75, 3.05) is 0 Å². The van der Waals surface area contributed by atoms with Crippen molar-refractivity contribution in [2.45, 2.75) is 31.8 Å². The molecule has 1 atom stereocenters. The van der Waals surface area contributed by atoms with Crippen molar-refractivity contribution in [3.63, 3.8) is 0 Å². The van der Waals surface area contributed by atoms with E-state index in [9.17, 15) is 9.50 Å². The Kier molecular flexibility index (Phi) is 2.77. The lowest BCUT2D eigenvalue weighted by molar-refractivity contribution is 0.157. The van der Waals surface area contributed by atoms with Crippen LogP contribution in [0.4, 0.5) is 4.39 Å². The Balaban J connectivity index is 1.95. The number of aliphatic hydroxyl groups excluding tert-OH is 1. The number of pyridine rings is 1. The summed E-state index contributed by atoms with van der Waals surface area (Å²) in [6, 6.07) is 1.55. The molecule has 76 valence electrons. The van der Waals surface area contributed by atoms with Gasteiger partial charge >= 0.3 is 0 Å². The van der Waals surface area contributed by atoms with Gasteiger partial charge in [0.25, 0.3) is 0 Å².